The van der Waals surface area contributed by atoms with Crippen LogP contribution in [0.4, 0.5) is 0 Å². The van der Waals surface area contributed by atoms with E-state index in [1.165, 1.54) is 12.1 Å². The highest BCUT2D eigenvalue weighted by Crippen LogP contribution is 2.24. The van der Waals surface area contributed by atoms with E-state index in [9.17, 15) is 9.90 Å². The first-order valence-electron chi connectivity index (χ1n) is 6.22. The van der Waals surface area contributed by atoms with Crippen molar-refractivity contribution in [2.24, 2.45) is 5.73 Å². The van der Waals surface area contributed by atoms with Gasteiger partial charge in [0.25, 0.3) is 5.91 Å². The van der Waals surface area contributed by atoms with E-state index in [-0.39, 0.29) is 16.9 Å². The summed E-state index contributed by atoms with van der Waals surface area (Å²) >= 11 is 0. The lowest BCUT2D eigenvalue weighted by Crippen LogP contribution is -2.28. The van der Waals surface area contributed by atoms with Crippen LogP contribution in [-0.4, -0.2) is 30.3 Å². The van der Waals surface area contributed by atoms with Gasteiger partial charge >= 0.3 is 0 Å². The van der Waals surface area contributed by atoms with Crippen molar-refractivity contribution in [3.05, 3.63) is 23.8 Å². The summed E-state index contributed by atoms with van der Waals surface area (Å²) in [5.41, 5.74) is 4.97. The molecule has 1 unspecified atom stereocenters. The molecular weight excluding hydrogens is 246 g/mol. The molecule has 0 fully saturated rings. The van der Waals surface area contributed by atoms with Crippen molar-refractivity contribution in [1.82, 2.24) is 0 Å². The molecule has 5 nitrogen and oxygen atoms in total. The molecule has 1 rings (SSSR count). The fraction of sp³-hybridized carbons (Fsp3) is 0.500. The van der Waals surface area contributed by atoms with Crippen molar-refractivity contribution in [3.8, 4) is 11.5 Å². The van der Waals surface area contributed by atoms with Gasteiger partial charge in [0.2, 0.25) is 0 Å². The van der Waals surface area contributed by atoms with Gasteiger partial charge < -0.3 is 20.3 Å². The second-order valence-electron chi connectivity index (χ2n) is 4.65. The summed E-state index contributed by atoms with van der Waals surface area (Å²) in [6.45, 7) is 4.54. The molecule has 0 spiro atoms. The first-order chi connectivity index (χ1) is 8.91. The Morgan fingerprint density at radius 1 is 1.47 bits per heavy atom. The van der Waals surface area contributed by atoms with Crippen molar-refractivity contribution >= 4 is 5.91 Å². The van der Waals surface area contributed by atoms with E-state index in [1.54, 1.807) is 13.2 Å². The summed E-state index contributed by atoms with van der Waals surface area (Å²) in [6.07, 6.45) is 1.62. The highest BCUT2D eigenvalue weighted by molar-refractivity contribution is 5.95. The number of carbonyl (C=O) groups is 1. The van der Waals surface area contributed by atoms with Crippen molar-refractivity contribution in [2.45, 2.75) is 32.3 Å². The lowest BCUT2D eigenvalue weighted by molar-refractivity contribution is -0.0133. The van der Waals surface area contributed by atoms with E-state index in [1.807, 2.05) is 6.92 Å². The van der Waals surface area contributed by atoms with Crippen LogP contribution in [0.2, 0.25) is 0 Å². The zero-order valence-electron chi connectivity index (χ0n) is 11.6. The number of methoxy groups -OCH3 is 1. The fourth-order valence-electron chi connectivity index (χ4n) is 1.62. The van der Waals surface area contributed by atoms with Gasteiger partial charge in [0.1, 0.15) is 11.5 Å². The molecule has 106 valence electrons. The van der Waals surface area contributed by atoms with E-state index >= 15 is 0 Å². The SMILES string of the molecule is CCC(C)(CCOc1ccc(C(N)=O)c(O)c1)OC. The highest BCUT2D eigenvalue weighted by atomic mass is 16.5. The van der Waals surface area contributed by atoms with Crippen LogP contribution in [0, 0.1) is 0 Å². The second kappa shape index (κ2) is 6.43. The molecule has 0 aromatic heterocycles. The third kappa shape index (κ3) is 4.13. The van der Waals surface area contributed by atoms with Crippen molar-refractivity contribution in [1.29, 1.82) is 0 Å². The van der Waals surface area contributed by atoms with E-state index < -0.39 is 5.91 Å². The van der Waals surface area contributed by atoms with Crippen LogP contribution in [0.25, 0.3) is 0 Å². The largest absolute Gasteiger partial charge is 0.507 e. The van der Waals surface area contributed by atoms with E-state index in [0.29, 0.717) is 12.4 Å². The quantitative estimate of drug-likeness (QED) is 0.792. The molecule has 3 N–H and O–H groups in total. The predicted molar refractivity (Wildman–Crippen MR) is 72.4 cm³/mol. The lowest BCUT2D eigenvalue weighted by Gasteiger charge is -2.26. The number of phenols is 1. The molecule has 0 saturated heterocycles. The number of amides is 1. The Hall–Kier alpha value is -1.75. The van der Waals surface area contributed by atoms with Gasteiger partial charge in [-0.15, -0.1) is 0 Å². The molecule has 1 amide bonds. The zero-order valence-corrected chi connectivity index (χ0v) is 11.6. The maximum atomic E-state index is 11.0. The third-order valence-electron chi connectivity index (χ3n) is 3.37. The average Bonchev–Trinajstić information content (AvgIpc) is 2.38. The fourth-order valence-corrected chi connectivity index (χ4v) is 1.62. The van der Waals surface area contributed by atoms with Crippen LogP contribution in [0.1, 0.15) is 37.0 Å². The molecule has 5 heteroatoms. The molecule has 0 saturated carbocycles. The number of ether oxygens (including phenoxy) is 2. The van der Waals surface area contributed by atoms with Gasteiger partial charge in [-0.05, 0) is 25.5 Å². The predicted octanol–water partition coefficient (Wildman–Crippen LogP) is 2.08. The summed E-state index contributed by atoms with van der Waals surface area (Å²) in [4.78, 5) is 11.0. The Balaban J connectivity index is 2.60. The van der Waals surface area contributed by atoms with Crippen molar-refractivity contribution in [2.75, 3.05) is 13.7 Å². The van der Waals surface area contributed by atoms with Crippen LogP contribution < -0.4 is 10.5 Å². The van der Waals surface area contributed by atoms with Gasteiger partial charge in [0, 0.05) is 19.6 Å². The number of aromatic hydroxyl groups is 1. The van der Waals surface area contributed by atoms with E-state index in [4.69, 9.17) is 15.2 Å². The normalized spacial score (nSPS) is 13.8. The lowest BCUT2D eigenvalue weighted by atomic mass is 10.00. The third-order valence-corrected chi connectivity index (χ3v) is 3.37. The Morgan fingerprint density at radius 2 is 2.16 bits per heavy atom. The molecule has 1 atom stereocenters. The second-order valence-corrected chi connectivity index (χ2v) is 4.65. The van der Waals surface area contributed by atoms with Crippen LogP contribution in [0.3, 0.4) is 0 Å². The number of hydrogen-bond acceptors (Lipinski definition) is 4. The van der Waals surface area contributed by atoms with Gasteiger partial charge in [-0.25, -0.2) is 0 Å². The van der Waals surface area contributed by atoms with Crippen LogP contribution in [0.15, 0.2) is 18.2 Å². The van der Waals surface area contributed by atoms with E-state index in [2.05, 4.69) is 6.92 Å². The van der Waals surface area contributed by atoms with Gasteiger partial charge in [0.15, 0.2) is 0 Å². The topological polar surface area (TPSA) is 81.8 Å². The highest BCUT2D eigenvalue weighted by Gasteiger charge is 2.20. The smallest absolute Gasteiger partial charge is 0.252 e. The number of benzene rings is 1. The first-order valence-corrected chi connectivity index (χ1v) is 6.22. The summed E-state index contributed by atoms with van der Waals surface area (Å²) in [5.74, 6) is -0.339. The average molecular weight is 267 g/mol. The molecule has 0 heterocycles. The Morgan fingerprint density at radius 3 is 2.63 bits per heavy atom. The minimum atomic E-state index is -0.665. The number of carbonyl (C=O) groups excluding carboxylic acids is 1. The molecule has 19 heavy (non-hydrogen) atoms. The summed E-state index contributed by atoms with van der Waals surface area (Å²) in [7, 11) is 1.68. The molecule has 0 aliphatic heterocycles. The molecule has 0 radical (unpaired) electrons. The standard InChI is InChI=1S/C14H21NO4/c1-4-14(2,18-3)7-8-19-10-5-6-11(13(15)17)12(16)9-10/h5-6,9,16H,4,7-8H2,1-3H3,(H2,15,17). The Labute approximate surface area is 113 Å². The minimum absolute atomic E-state index is 0.0858. The number of rotatable bonds is 7. The van der Waals surface area contributed by atoms with Gasteiger partial charge in [-0.1, -0.05) is 6.92 Å². The molecule has 1 aromatic rings. The van der Waals surface area contributed by atoms with Gasteiger partial charge in [0.05, 0.1) is 17.8 Å². The van der Waals surface area contributed by atoms with Gasteiger partial charge in [-0.2, -0.15) is 0 Å². The van der Waals surface area contributed by atoms with Gasteiger partial charge in [-0.3, -0.25) is 4.79 Å². The van der Waals surface area contributed by atoms with Crippen LogP contribution in [-0.2, 0) is 4.74 Å². The summed E-state index contributed by atoms with van der Waals surface area (Å²) in [6, 6.07) is 4.44. The molecule has 0 aliphatic carbocycles. The maximum absolute atomic E-state index is 11.0. The number of hydrogen-bond donors (Lipinski definition) is 2. The maximum Gasteiger partial charge on any atom is 0.252 e. The molecule has 1 aromatic carbocycles. The molecule has 0 aliphatic rings. The summed E-state index contributed by atoms with van der Waals surface area (Å²) < 4.78 is 10.9. The zero-order chi connectivity index (χ0) is 14.5. The Bertz CT molecular complexity index is 441. The van der Waals surface area contributed by atoms with E-state index in [0.717, 1.165) is 12.8 Å². The molecular formula is C14H21NO4. The van der Waals surface area contributed by atoms with Crippen LogP contribution in [0.5, 0.6) is 11.5 Å². The summed E-state index contributed by atoms with van der Waals surface area (Å²) in [5, 5.41) is 9.61. The molecule has 0 bridgehead atoms. The number of nitrogens with two attached hydrogens (primary N) is 1. The Kier molecular flexibility index (Phi) is 5.18. The van der Waals surface area contributed by atoms with Crippen molar-refractivity contribution in [3.63, 3.8) is 0 Å². The monoisotopic (exact) mass is 267 g/mol. The number of primary amides is 1. The van der Waals surface area contributed by atoms with Crippen LogP contribution >= 0.6 is 0 Å². The minimum Gasteiger partial charge on any atom is -0.507 e. The van der Waals surface area contributed by atoms with Crippen molar-refractivity contribution < 1.29 is 19.4 Å². The first kappa shape index (κ1) is 15.3.